The van der Waals surface area contributed by atoms with Crippen LogP contribution in [-0.4, -0.2) is 0 Å². The van der Waals surface area contributed by atoms with Gasteiger partial charge in [-0.15, -0.1) is 0 Å². The fraction of sp³-hybridized carbons (Fsp3) is 0.933. The zero-order valence-corrected chi connectivity index (χ0v) is 10.8. The minimum absolute atomic E-state index is 0. The Morgan fingerprint density at radius 3 is 1.88 bits per heavy atom. The molecule has 0 N–H and O–H groups in total. The first kappa shape index (κ1) is 11.7. The fourth-order valence-corrected chi connectivity index (χ4v) is 5.96. The van der Waals surface area contributed by atoms with E-state index in [-0.39, 0.29) is 18.9 Å². The van der Waals surface area contributed by atoms with Gasteiger partial charge in [0, 0.05) is 0 Å². The zero-order valence-electron chi connectivity index (χ0n) is 10.8. The third-order valence-electron chi connectivity index (χ3n) is 6.04. The van der Waals surface area contributed by atoms with Gasteiger partial charge in [-0.25, -0.2) is 0 Å². The standard InChI is InChI=1S/C15H23.Li/c1-2-4-14(3-1)15-8-11-5-12(9-15)7-13(6-11)10-15;/h3,11-14H,1-2,4-10H2;/q-1;+1. The second kappa shape index (κ2) is 4.06. The molecule has 0 nitrogen and oxygen atoms in total. The van der Waals surface area contributed by atoms with Gasteiger partial charge < -0.3 is 6.42 Å². The average Bonchev–Trinajstić information content (AvgIpc) is 2.67. The summed E-state index contributed by atoms with van der Waals surface area (Å²) in [5, 5.41) is 0. The van der Waals surface area contributed by atoms with E-state index in [1.165, 1.54) is 19.3 Å². The molecule has 0 aromatic carbocycles. The van der Waals surface area contributed by atoms with Crippen molar-refractivity contribution in [3.05, 3.63) is 6.42 Å². The Kier molecular flexibility index (Phi) is 2.97. The second-order valence-electron chi connectivity index (χ2n) is 7.05. The van der Waals surface area contributed by atoms with E-state index < -0.39 is 0 Å². The Morgan fingerprint density at radius 1 is 0.875 bits per heavy atom. The maximum Gasteiger partial charge on any atom is 1.00 e. The van der Waals surface area contributed by atoms with E-state index in [1.54, 1.807) is 38.5 Å². The predicted octanol–water partition coefficient (Wildman–Crippen LogP) is 1.21. The Hall–Kier alpha value is 0.597. The molecule has 0 heterocycles. The van der Waals surface area contributed by atoms with Crippen LogP contribution in [0.5, 0.6) is 0 Å². The normalized spacial score (nSPS) is 54.0. The van der Waals surface area contributed by atoms with Gasteiger partial charge in [-0.3, -0.25) is 0 Å². The third-order valence-corrected chi connectivity index (χ3v) is 6.04. The molecule has 0 aromatic heterocycles. The first-order valence-electron chi connectivity index (χ1n) is 7.17. The monoisotopic (exact) mass is 210 g/mol. The molecule has 5 fully saturated rings. The van der Waals surface area contributed by atoms with Crippen LogP contribution in [0.3, 0.4) is 0 Å². The van der Waals surface area contributed by atoms with Crippen LogP contribution in [0.1, 0.15) is 57.8 Å². The molecule has 1 heteroatoms. The molecule has 5 aliphatic rings. The van der Waals surface area contributed by atoms with Gasteiger partial charge in [-0.2, -0.15) is 12.3 Å². The maximum atomic E-state index is 2.70. The Labute approximate surface area is 112 Å². The van der Waals surface area contributed by atoms with E-state index in [1.807, 2.05) is 0 Å². The van der Waals surface area contributed by atoms with E-state index in [0.29, 0.717) is 0 Å². The van der Waals surface area contributed by atoms with Gasteiger partial charge in [0.1, 0.15) is 0 Å². The van der Waals surface area contributed by atoms with E-state index in [2.05, 4.69) is 6.42 Å². The van der Waals surface area contributed by atoms with Crippen LogP contribution in [0.25, 0.3) is 0 Å². The van der Waals surface area contributed by atoms with Crippen molar-refractivity contribution < 1.29 is 18.9 Å². The van der Waals surface area contributed by atoms with Crippen molar-refractivity contribution in [2.45, 2.75) is 57.8 Å². The summed E-state index contributed by atoms with van der Waals surface area (Å²) in [6.45, 7) is 0. The van der Waals surface area contributed by atoms with Crippen molar-refractivity contribution in [2.24, 2.45) is 29.1 Å². The first-order chi connectivity index (χ1) is 7.34. The van der Waals surface area contributed by atoms with E-state index >= 15 is 0 Å². The summed E-state index contributed by atoms with van der Waals surface area (Å²) in [6.07, 6.45) is 16.8. The summed E-state index contributed by atoms with van der Waals surface area (Å²) >= 11 is 0. The van der Waals surface area contributed by atoms with Gasteiger partial charge in [0.2, 0.25) is 0 Å². The van der Waals surface area contributed by atoms with Gasteiger partial charge in [-0.05, 0) is 56.3 Å². The van der Waals surface area contributed by atoms with Crippen molar-refractivity contribution in [2.75, 3.05) is 0 Å². The molecule has 5 rings (SSSR count). The summed E-state index contributed by atoms with van der Waals surface area (Å²) < 4.78 is 0. The van der Waals surface area contributed by atoms with Crippen LogP contribution < -0.4 is 18.9 Å². The van der Waals surface area contributed by atoms with Gasteiger partial charge in [0.05, 0.1) is 0 Å². The van der Waals surface area contributed by atoms with Gasteiger partial charge in [0.25, 0.3) is 0 Å². The van der Waals surface area contributed by atoms with Crippen molar-refractivity contribution in [1.29, 1.82) is 0 Å². The van der Waals surface area contributed by atoms with Crippen LogP contribution in [0, 0.1) is 35.5 Å². The quantitative estimate of drug-likeness (QED) is 0.451. The molecule has 16 heavy (non-hydrogen) atoms. The van der Waals surface area contributed by atoms with E-state index in [9.17, 15) is 0 Å². The average molecular weight is 210 g/mol. The predicted molar refractivity (Wildman–Crippen MR) is 62.2 cm³/mol. The van der Waals surface area contributed by atoms with Gasteiger partial charge in [0.15, 0.2) is 0 Å². The second-order valence-corrected chi connectivity index (χ2v) is 7.05. The minimum atomic E-state index is 0. The molecule has 1 atom stereocenters. The van der Waals surface area contributed by atoms with Crippen LogP contribution in [-0.2, 0) is 0 Å². The molecule has 0 saturated heterocycles. The summed E-state index contributed by atoms with van der Waals surface area (Å²) in [7, 11) is 0. The molecule has 4 bridgehead atoms. The molecular weight excluding hydrogens is 187 g/mol. The molecular formula is C15H23Li. The maximum absolute atomic E-state index is 2.70. The summed E-state index contributed by atoms with van der Waals surface area (Å²) in [4.78, 5) is 0. The molecule has 0 spiro atoms. The van der Waals surface area contributed by atoms with Crippen molar-refractivity contribution in [3.8, 4) is 0 Å². The summed E-state index contributed by atoms with van der Waals surface area (Å²) in [5.74, 6) is 4.46. The third kappa shape index (κ3) is 1.64. The fourth-order valence-electron chi connectivity index (χ4n) is 5.96. The smallest absolute Gasteiger partial charge is 0.325 e. The van der Waals surface area contributed by atoms with Crippen LogP contribution >= 0.6 is 0 Å². The largest absolute Gasteiger partial charge is 1.00 e. The molecule has 1 unspecified atom stereocenters. The Balaban J connectivity index is 0.000000810. The van der Waals surface area contributed by atoms with E-state index in [4.69, 9.17) is 0 Å². The van der Waals surface area contributed by atoms with Crippen molar-refractivity contribution in [3.63, 3.8) is 0 Å². The van der Waals surface area contributed by atoms with E-state index in [0.717, 1.165) is 29.1 Å². The molecule has 0 aliphatic heterocycles. The van der Waals surface area contributed by atoms with Crippen molar-refractivity contribution in [1.82, 2.24) is 0 Å². The molecule has 84 valence electrons. The number of hydrogen-bond acceptors (Lipinski definition) is 0. The Bertz CT molecular complexity index is 229. The topological polar surface area (TPSA) is 0 Å². The first-order valence-corrected chi connectivity index (χ1v) is 7.17. The Morgan fingerprint density at radius 2 is 1.44 bits per heavy atom. The summed E-state index contributed by atoms with van der Waals surface area (Å²) in [5.41, 5.74) is 0.825. The SMILES string of the molecule is [CH-]1CCCC1C12CC3CC(CC(C3)C1)C2.[Li+]. The molecule has 5 aliphatic carbocycles. The van der Waals surface area contributed by atoms with Crippen LogP contribution in [0.15, 0.2) is 0 Å². The van der Waals surface area contributed by atoms with Crippen LogP contribution in [0.2, 0.25) is 0 Å². The number of hydrogen-bond donors (Lipinski definition) is 0. The molecule has 0 amide bonds. The zero-order chi connectivity index (χ0) is 9.88. The van der Waals surface area contributed by atoms with Crippen LogP contribution in [0.4, 0.5) is 0 Å². The molecule has 0 aromatic rings. The number of rotatable bonds is 1. The molecule has 0 radical (unpaired) electrons. The summed E-state index contributed by atoms with van der Waals surface area (Å²) in [6, 6.07) is 0. The molecule has 5 saturated carbocycles. The van der Waals surface area contributed by atoms with Crippen molar-refractivity contribution >= 4 is 0 Å². The van der Waals surface area contributed by atoms with Gasteiger partial charge >= 0.3 is 18.9 Å². The van der Waals surface area contributed by atoms with Gasteiger partial charge in [-0.1, -0.05) is 18.3 Å². The minimum Gasteiger partial charge on any atom is -0.325 e.